The zero-order valence-electron chi connectivity index (χ0n) is 13.1. The second kappa shape index (κ2) is 5.92. The third kappa shape index (κ3) is 3.46. The number of likely N-dealkylation sites (tertiary alicyclic amines) is 1. The van der Waals surface area contributed by atoms with Crippen LogP contribution in [0, 0.1) is 0 Å². The Balaban J connectivity index is 2.06. The van der Waals surface area contributed by atoms with E-state index in [1.165, 1.54) is 38.2 Å². The Labute approximate surface area is 123 Å². The Morgan fingerprint density at radius 1 is 1.16 bits per heavy atom. The maximum Gasteiger partial charge on any atom is 0.0470 e. The monoisotopic (exact) mass is 285 g/mol. The van der Waals surface area contributed by atoms with Gasteiger partial charge in [0.2, 0.25) is 0 Å². The van der Waals surface area contributed by atoms with E-state index in [4.69, 9.17) is 5.73 Å². The van der Waals surface area contributed by atoms with E-state index >= 15 is 0 Å². The zero-order chi connectivity index (χ0) is 14.1. The van der Waals surface area contributed by atoms with Gasteiger partial charge in [-0.2, -0.15) is 11.8 Å². The Bertz CT molecular complexity index is 306. The molecular formula is C15H31N3S. The molecule has 0 bridgehead atoms. The van der Waals surface area contributed by atoms with Crippen LogP contribution in [0.25, 0.3) is 0 Å². The van der Waals surface area contributed by atoms with E-state index in [2.05, 4.69) is 49.3 Å². The summed E-state index contributed by atoms with van der Waals surface area (Å²) in [5.41, 5.74) is 6.45. The summed E-state index contributed by atoms with van der Waals surface area (Å²) in [6, 6.07) is 0.645. The molecule has 0 spiro atoms. The molecule has 19 heavy (non-hydrogen) atoms. The van der Waals surface area contributed by atoms with E-state index in [1.54, 1.807) is 0 Å². The summed E-state index contributed by atoms with van der Waals surface area (Å²) in [6.07, 6.45) is 2.52. The number of nitrogens with two attached hydrogens (primary N) is 1. The van der Waals surface area contributed by atoms with E-state index in [1.807, 2.05) is 0 Å². The number of thioether (sulfide) groups is 1. The van der Waals surface area contributed by atoms with Crippen LogP contribution in [0.5, 0.6) is 0 Å². The molecule has 0 aromatic carbocycles. The maximum atomic E-state index is 6.21. The van der Waals surface area contributed by atoms with Gasteiger partial charge in [0.05, 0.1) is 0 Å². The van der Waals surface area contributed by atoms with Gasteiger partial charge in [-0.05, 0) is 26.7 Å². The first kappa shape index (κ1) is 15.6. The van der Waals surface area contributed by atoms with Gasteiger partial charge in [-0.25, -0.2) is 0 Å². The molecule has 1 unspecified atom stereocenters. The minimum absolute atomic E-state index is 0.241. The highest BCUT2D eigenvalue weighted by Crippen LogP contribution is 2.35. The first-order valence-electron chi connectivity index (χ1n) is 7.72. The molecule has 2 fully saturated rings. The molecule has 2 aliphatic heterocycles. The van der Waals surface area contributed by atoms with Crippen LogP contribution in [0.1, 0.15) is 40.5 Å². The minimum atomic E-state index is 0.241. The standard InChI is InChI=1S/C15H31N3S/c1-13(2)17-7-6-15(11-16,12-17)18-8-5-14(3,4)19-10-9-18/h13H,5-12,16H2,1-4H3. The molecule has 3 nitrogen and oxygen atoms in total. The van der Waals surface area contributed by atoms with Gasteiger partial charge in [0, 0.05) is 54.8 Å². The number of hydrogen-bond donors (Lipinski definition) is 1. The molecule has 2 rings (SSSR count). The van der Waals surface area contributed by atoms with Crippen LogP contribution >= 0.6 is 11.8 Å². The molecule has 0 saturated carbocycles. The summed E-state index contributed by atoms with van der Waals surface area (Å²) in [5, 5.41) is 0. The zero-order valence-corrected chi connectivity index (χ0v) is 13.9. The van der Waals surface area contributed by atoms with Crippen LogP contribution in [-0.4, -0.2) is 64.6 Å². The Hall–Kier alpha value is 0.230. The van der Waals surface area contributed by atoms with Gasteiger partial charge in [-0.15, -0.1) is 0 Å². The first-order valence-corrected chi connectivity index (χ1v) is 8.70. The van der Waals surface area contributed by atoms with Crippen LogP contribution in [0.15, 0.2) is 0 Å². The minimum Gasteiger partial charge on any atom is -0.329 e. The second-order valence-electron chi connectivity index (χ2n) is 7.09. The fraction of sp³-hybridized carbons (Fsp3) is 1.00. The molecule has 0 aromatic heterocycles. The maximum absolute atomic E-state index is 6.21. The van der Waals surface area contributed by atoms with Crippen molar-refractivity contribution in [2.75, 3.05) is 38.5 Å². The molecule has 0 radical (unpaired) electrons. The molecular weight excluding hydrogens is 254 g/mol. The third-order valence-corrected chi connectivity index (χ3v) is 6.35. The normalized spacial score (nSPS) is 33.8. The van der Waals surface area contributed by atoms with Crippen molar-refractivity contribution in [2.24, 2.45) is 5.73 Å². The van der Waals surface area contributed by atoms with Gasteiger partial charge in [0.1, 0.15) is 0 Å². The van der Waals surface area contributed by atoms with Crippen molar-refractivity contribution in [3.63, 3.8) is 0 Å². The van der Waals surface area contributed by atoms with Crippen molar-refractivity contribution < 1.29 is 0 Å². The number of nitrogens with zero attached hydrogens (tertiary/aromatic N) is 2. The van der Waals surface area contributed by atoms with Crippen molar-refractivity contribution in [1.29, 1.82) is 0 Å². The van der Waals surface area contributed by atoms with E-state index < -0.39 is 0 Å². The molecule has 1 atom stereocenters. The molecule has 2 aliphatic rings. The van der Waals surface area contributed by atoms with Crippen LogP contribution in [0.2, 0.25) is 0 Å². The Kier molecular flexibility index (Phi) is 4.87. The predicted molar refractivity (Wildman–Crippen MR) is 85.8 cm³/mol. The summed E-state index contributed by atoms with van der Waals surface area (Å²) in [6.45, 7) is 15.0. The Morgan fingerprint density at radius 3 is 2.47 bits per heavy atom. The van der Waals surface area contributed by atoms with Gasteiger partial charge >= 0.3 is 0 Å². The summed E-state index contributed by atoms with van der Waals surface area (Å²) >= 11 is 2.12. The van der Waals surface area contributed by atoms with E-state index in [0.717, 1.165) is 13.1 Å². The number of hydrogen-bond acceptors (Lipinski definition) is 4. The average Bonchev–Trinajstić information content (AvgIpc) is 2.71. The van der Waals surface area contributed by atoms with Crippen LogP contribution < -0.4 is 5.73 Å². The van der Waals surface area contributed by atoms with Crippen molar-refractivity contribution in [3.8, 4) is 0 Å². The van der Waals surface area contributed by atoms with E-state index in [9.17, 15) is 0 Å². The number of rotatable bonds is 3. The van der Waals surface area contributed by atoms with Crippen LogP contribution in [-0.2, 0) is 0 Å². The van der Waals surface area contributed by atoms with Gasteiger partial charge in [0.25, 0.3) is 0 Å². The topological polar surface area (TPSA) is 32.5 Å². The summed E-state index contributed by atoms with van der Waals surface area (Å²) in [4.78, 5) is 5.30. The quantitative estimate of drug-likeness (QED) is 0.860. The molecule has 0 aliphatic carbocycles. The SMILES string of the molecule is CC(C)N1CCC(CN)(N2CCSC(C)(C)CC2)C1. The second-order valence-corrected chi connectivity index (χ2v) is 8.89. The molecule has 2 saturated heterocycles. The van der Waals surface area contributed by atoms with Crippen molar-refractivity contribution in [1.82, 2.24) is 9.80 Å². The molecule has 0 amide bonds. The first-order chi connectivity index (χ1) is 8.88. The smallest absolute Gasteiger partial charge is 0.0470 e. The van der Waals surface area contributed by atoms with Crippen molar-refractivity contribution in [3.05, 3.63) is 0 Å². The van der Waals surface area contributed by atoms with Crippen LogP contribution in [0.3, 0.4) is 0 Å². The van der Waals surface area contributed by atoms with Crippen LogP contribution in [0.4, 0.5) is 0 Å². The van der Waals surface area contributed by atoms with E-state index in [0.29, 0.717) is 10.8 Å². The van der Waals surface area contributed by atoms with Gasteiger partial charge in [-0.3, -0.25) is 9.80 Å². The lowest BCUT2D eigenvalue weighted by atomic mass is 9.95. The highest BCUT2D eigenvalue weighted by atomic mass is 32.2. The fourth-order valence-electron chi connectivity index (χ4n) is 3.38. The Morgan fingerprint density at radius 2 is 1.89 bits per heavy atom. The lowest BCUT2D eigenvalue weighted by Gasteiger charge is -2.40. The lowest BCUT2D eigenvalue weighted by molar-refractivity contribution is 0.0994. The molecule has 2 heterocycles. The molecule has 2 N–H and O–H groups in total. The van der Waals surface area contributed by atoms with Crippen molar-refractivity contribution in [2.45, 2.75) is 56.9 Å². The van der Waals surface area contributed by atoms with Crippen molar-refractivity contribution >= 4 is 11.8 Å². The molecule has 0 aromatic rings. The van der Waals surface area contributed by atoms with Gasteiger partial charge in [-0.1, -0.05) is 13.8 Å². The van der Waals surface area contributed by atoms with Gasteiger partial charge in [0.15, 0.2) is 0 Å². The summed E-state index contributed by atoms with van der Waals surface area (Å²) in [7, 11) is 0. The average molecular weight is 286 g/mol. The largest absolute Gasteiger partial charge is 0.329 e. The molecule has 4 heteroatoms. The molecule has 112 valence electrons. The van der Waals surface area contributed by atoms with E-state index in [-0.39, 0.29) is 5.54 Å². The highest BCUT2D eigenvalue weighted by Gasteiger charge is 2.43. The summed E-state index contributed by atoms with van der Waals surface area (Å²) < 4.78 is 0.431. The highest BCUT2D eigenvalue weighted by molar-refractivity contribution is 8.00. The lowest BCUT2D eigenvalue weighted by Crippen LogP contribution is -2.56. The predicted octanol–water partition coefficient (Wildman–Crippen LogP) is 2.02. The van der Waals surface area contributed by atoms with Gasteiger partial charge < -0.3 is 5.73 Å². The fourth-order valence-corrected chi connectivity index (χ4v) is 4.48. The summed E-state index contributed by atoms with van der Waals surface area (Å²) in [5.74, 6) is 1.25. The third-order valence-electron chi connectivity index (χ3n) is 4.98.